The molecule has 1 saturated carbocycles. The van der Waals surface area contributed by atoms with Crippen LogP contribution in [0.15, 0.2) is 11.1 Å². The van der Waals surface area contributed by atoms with Crippen LogP contribution in [0.1, 0.15) is 19.8 Å². The molecule has 64 valence electrons. The summed E-state index contributed by atoms with van der Waals surface area (Å²) in [4.78, 5) is 0. The van der Waals surface area contributed by atoms with Gasteiger partial charge in [0.2, 0.25) is 0 Å². The second-order valence-corrected chi connectivity index (χ2v) is 3.94. The van der Waals surface area contributed by atoms with Crippen LogP contribution in [-0.2, 0) is 0 Å². The van der Waals surface area contributed by atoms with Crippen LogP contribution in [0.3, 0.4) is 0 Å². The van der Waals surface area contributed by atoms with Gasteiger partial charge in [-0.15, -0.1) is 11.6 Å². The summed E-state index contributed by atoms with van der Waals surface area (Å²) in [5.41, 5.74) is 2.79. The van der Waals surface area contributed by atoms with Crippen LogP contribution in [0.4, 0.5) is 0 Å². The monoisotopic (exact) mass is 193 g/mol. The molecule has 1 aliphatic rings. The quantitative estimate of drug-likeness (QED) is 0.680. The van der Waals surface area contributed by atoms with Gasteiger partial charge in [-0.05, 0) is 25.3 Å². The van der Waals surface area contributed by atoms with Gasteiger partial charge in [0, 0.05) is 23.5 Å². The minimum atomic E-state index is 0.396. The molecule has 0 amide bonds. The predicted octanol–water partition coefficient (Wildman–Crippen LogP) is 2.49. The Hall–Kier alpha value is 0.280. The maximum absolute atomic E-state index is 5.81. The molecule has 11 heavy (non-hydrogen) atoms. The summed E-state index contributed by atoms with van der Waals surface area (Å²) in [6.07, 6.45) is 2.19. The minimum Gasteiger partial charge on any atom is -0.310 e. The molecule has 0 unspecified atom stereocenters. The van der Waals surface area contributed by atoms with Gasteiger partial charge in [0.05, 0.1) is 0 Å². The molecule has 0 bridgehead atoms. The highest BCUT2D eigenvalue weighted by atomic mass is 35.5. The highest BCUT2D eigenvalue weighted by molar-refractivity contribution is 6.25. The summed E-state index contributed by atoms with van der Waals surface area (Å²) >= 11 is 11.3. The van der Waals surface area contributed by atoms with Crippen molar-refractivity contribution in [1.82, 2.24) is 5.32 Å². The van der Waals surface area contributed by atoms with Gasteiger partial charge in [-0.3, -0.25) is 0 Å². The molecule has 1 aliphatic carbocycles. The van der Waals surface area contributed by atoms with Gasteiger partial charge in [0.15, 0.2) is 0 Å². The Bertz CT molecular complexity index is 150. The Kier molecular flexibility index (Phi) is 3.70. The molecule has 0 atom stereocenters. The molecule has 3 heteroatoms. The largest absolute Gasteiger partial charge is 0.310 e. The Labute approximate surface area is 77.8 Å². The molecular weight excluding hydrogens is 181 g/mol. The molecule has 0 spiro atoms. The van der Waals surface area contributed by atoms with Gasteiger partial charge in [-0.1, -0.05) is 11.6 Å². The van der Waals surface area contributed by atoms with Gasteiger partial charge in [0.25, 0.3) is 0 Å². The Morgan fingerprint density at radius 1 is 1.64 bits per heavy atom. The SMILES string of the molecule is C/C(=C\Cl)CNC1CC(Cl)C1. The van der Waals surface area contributed by atoms with Gasteiger partial charge in [-0.2, -0.15) is 0 Å². The van der Waals surface area contributed by atoms with Gasteiger partial charge in [0.1, 0.15) is 0 Å². The third-order valence-electron chi connectivity index (χ3n) is 1.94. The lowest BCUT2D eigenvalue weighted by atomic mass is 9.92. The molecule has 0 radical (unpaired) electrons. The maximum atomic E-state index is 5.81. The molecule has 1 nitrogen and oxygen atoms in total. The zero-order chi connectivity index (χ0) is 8.27. The van der Waals surface area contributed by atoms with Gasteiger partial charge in [-0.25, -0.2) is 0 Å². The Balaban J connectivity index is 2.05. The van der Waals surface area contributed by atoms with Crippen molar-refractivity contribution in [2.24, 2.45) is 0 Å². The number of alkyl halides is 1. The summed E-state index contributed by atoms with van der Waals surface area (Å²) in [6.45, 7) is 2.90. The van der Waals surface area contributed by atoms with Crippen LogP contribution in [0, 0.1) is 0 Å². The number of nitrogens with one attached hydrogen (secondary N) is 1. The molecule has 0 aromatic rings. The maximum Gasteiger partial charge on any atom is 0.0365 e. The van der Waals surface area contributed by atoms with Crippen LogP contribution in [0.5, 0.6) is 0 Å². The average Bonchev–Trinajstić information content (AvgIpc) is 1.95. The second kappa shape index (κ2) is 4.34. The van der Waals surface area contributed by atoms with Crippen molar-refractivity contribution in [3.05, 3.63) is 11.1 Å². The van der Waals surface area contributed by atoms with Gasteiger partial charge >= 0.3 is 0 Å². The summed E-state index contributed by atoms with van der Waals surface area (Å²) in [5, 5.41) is 3.76. The Morgan fingerprint density at radius 2 is 2.27 bits per heavy atom. The smallest absolute Gasteiger partial charge is 0.0365 e. The fraction of sp³-hybridized carbons (Fsp3) is 0.750. The van der Waals surface area contributed by atoms with Crippen molar-refractivity contribution in [3.8, 4) is 0 Å². The first-order valence-electron chi connectivity index (χ1n) is 3.85. The van der Waals surface area contributed by atoms with Crippen LogP contribution < -0.4 is 5.32 Å². The molecular formula is C8H13Cl2N. The fourth-order valence-corrected chi connectivity index (χ4v) is 1.57. The summed E-state index contributed by atoms with van der Waals surface area (Å²) in [7, 11) is 0. The molecule has 0 aromatic heterocycles. The third kappa shape index (κ3) is 3.02. The van der Waals surface area contributed by atoms with Crippen LogP contribution >= 0.6 is 23.2 Å². The molecule has 0 aromatic carbocycles. The molecule has 1 N–H and O–H groups in total. The minimum absolute atomic E-state index is 0.396. The lowest BCUT2D eigenvalue weighted by Gasteiger charge is -2.31. The van der Waals surface area contributed by atoms with Crippen molar-refractivity contribution >= 4 is 23.2 Å². The van der Waals surface area contributed by atoms with Crippen molar-refractivity contribution < 1.29 is 0 Å². The van der Waals surface area contributed by atoms with Crippen LogP contribution in [0.25, 0.3) is 0 Å². The van der Waals surface area contributed by atoms with E-state index in [-0.39, 0.29) is 0 Å². The standard InChI is InChI=1S/C8H13Cl2N/c1-6(4-9)5-11-8-2-7(10)3-8/h4,7-8,11H,2-3,5H2,1H3/b6-4+. The van der Waals surface area contributed by atoms with E-state index in [1.54, 1.807) is 5.54 Å². The molecule has 1 rings (SSSR count). The van der Waals surface area contributed by atoms with E-state index in [4.69, 9.17) is 23.2 Å². The lowest BCUT2D eigenvalue weighted by molar-refractivity contribution is 0.356. The van der Waals surface area contributed by atoms with Crippen molar-refractivity contribution in [1.29, 1.82) is 0 Å². The van der Waals surface area contributed by atoms with Crippen LogP contribution in [-0.4, -0.2) is 18.0 Å². The number of halogens is 2. The predicted molar refractivity (Wildman–Crippen MR) is 50.3 cm³/mol. The van der Waals surface area contributed by atoms with E-state index in [2.05, 4.69) is 5.32 Å². The number of rotatable bonds is 3. The van der Waals surface area contributed by atoms with Crippen molar-refractivity contribution in [2.45, 2.75) is 31.2 Å². The second-order valence-electron chi connectivity index (χ2n) is 3.10. The van der Waals surface area contributed by atoms with E-state index < -0.39 is 0 Å². The highest BCUT2D eigenvalue weighted by Gasteiger charge is 2.26. The first-order valence-corrected chi connectivity index (χ1v) is 4.73. The summed E-state index contributed by atoms with van der Waals surface area (Å²) in [6, 6.07) is 0.615. The molecule has 0 aliphatic heterocycles. The zero-order valence-corrected chi connectivity index (χ0v) is 8.12. The van der Waals surface area contributed by atoms with E-state index in [9.17, 15) is 0 Å². The van der Waals surface area contributed by atoms with Crippen molar-refractivity contribution in [3.63, 3.8) is 0 Å². The first kappa shape index (κ1) is 9.37. The first-order chi connectivity index (χ1) is 5.22. The van der Waals surface area contributed by atoms with E-state index in [0.29, 0.717) is 11.4 Å². The van der Waals surface area contributed by atoms with Gasteiger partial charge < -0.3 is 5.32 Å². The van der Waals surface area contributed by atoms with Crippen molar-refractivity contribution in [2.75, 3.05) is 6.54 Å². The molecule has 0 saturated heterocycles. The highest BCUT2D eigenvalue weighted by Crippen LogP contribution is 2.25. The molecule has 0 heterocycles. The van der Waals surface area contributed by atoms with Crippen LogP contribution in [0.2, 0.25) is 0 Å². The third-order valence-corrected chi connectivity index (χ3v) is 2.67. The number of hydrogen-bond donors (Lipinski definition) is 1. The Morgan fingerprint density at radius 3 is 2.73 bits per heavy atom. The van der Waals surface area contributed by atoms with E-state index in [0.717, 1.165) is 19.4 Å². The summed E-state index contributed by atoms with van der Waals surface area (Å²) < 4.78 is 0. The molecule has 1 fully saturated rings. The number of hydrogen-bond acceptors (Lipinski definition) is 1. The van der Waals surface area contributed by atoms with E-state index in [1.807, 2.05) is 6.92 Å². The van der Waals surface area contributed by atoms with E-state index in [1.165, 1.54) is 5.57 Å². The average molecular weight is 194 g/mol. The topological polar surface area (TPSA) is 12.0 Å². The van der Waals surface area contributed by atoms with E-state index >= 15 is 0 Å². The normalized spacial score (nSPS) is 31.7. The summed E-state index contributed by atoms with van der Waals surface area (Å²) in [5.74, 6) is 0. The fourth-order valence-electron chi connectivity index (χ4n) is 1.06. The zero-order valence-electron chi connectivity index (χ0n) is 6.61. The lowest BCUT2D eigenvalue weighted by Crippen LogP contribution is -2.42.